The molecule has 0 radical (unpaired) electrons. The summed E-state index contributed by atoms with van der Waals surface area (Å²) in [6.07, 6.45) is 3.60. The maximum Gasteiger partial charge on any atom is 0.339 e. The second kappa shape index (κ2) is 6.85. The van der Waals surface area contributed by atoms with Gasteiger partial charge in [0.2, 0.25) is 0 Å². The molecule has 2 atom stereocenters. The SMILES string of the molecule is CCc1nnc(NCC2CCC(O)C2)c(C(=O)O)c1CC. The monoisotopic (exact) mass is 293 g/mol. The second-order valence-electron chi connectivity index (χ2n) is 5.57. The number of carboxylic acid groups (broad SMARTS) is 1. The third-order valence-electron chi connectivity index (χ3n) is 4.13. The van der Waals surface area contributed by atoms with Crippen molar-refractivity contribution in [2.24, 2.45) is 5.92 Å². The van der Waals surface area contributed by atoms with E-state index >= 15 is 0 Å². The molecule has 6 nitrogen and oxygen atoms in total. The first-order chi connectivity index (χ1) is 10.1. The summed E-state index contributed by atoms with van der Waals surface area (Å²) in [7, 11) is 0. The van der Waals surface area contributed by atoms with Gasteiger partial charge in [-0.3, -0.25) is 0 Å². The van der Waals surface area contributed by atoms with Gasteiger partial charge in [0.25, 0.3) is 0 Å². The Morgan fingerprint density at radius 2 is 2.05 bits per heavy atom. The highest BCUT2D eigenvalue weighted by atomic mass is 16.4. The molecule has 21 heavy (non-hydrogen) atoms. The van der Waals surface area contributed by atoms with Crippen LogP contribution in [0.15, 0.2) is 0 Å². The Kier molecular flexibility index (Phi) is 5.12. The predicted molar refractivity (Wildman–Crippen MR) is 79.6 cm³/mol. The normalized spacial score (nSPS) is 21.5. The zero-order valence-electron chi connectivity index (χ0n) is 12.6. The van der Waals surface area contributed by atoms with E-state index in [4.69, 9.17) is 0 Å². The van der Waals surface area contributed by atoms with Crippen molar-refractivity contribution in [2.75, 3.05) is 11.9 Å². The quantitative estimate of drug-likeness (QED) is 0.741. The number of anilines is 1. The fraction of sp³-hybridized carbons (Fsp3) is 0.667. The van der Waals surface area contributed by atoms with E-state index in [-0.39, 0.29) is 11.7 Å². The van der Waals surface area contributed by atoms with Crippen molar-refractivity contribution >= 4 is 11.8 Å². The molecule has 1 aromatic rings. The molecule has 1 saturated carbocycles. The van der Waals surface area contributed by atoms with Crippen LogP contribution in [0.4, 0.5) is 5.82 Å². The van der Waals surface area contributed by atoms with E-state index < -0.39 is 5.97 Å². The lowest BCUT2D eigenvalue weighted by Crippen LogP contribution is -2.19. The van der Waals surface area contributed by atoms with E-state index in [1.807, 2.05) is 13.8 Å². The van der Waals surface area contributed by atoms with Crippen LogP contribution in [0.25, 0.3) is 0 Å². The van der Waals surface area contributed by atoms with Crippen LogP contribution in [-0.4, -0.2) is 39.0 Å². The van der Waals surface area contributed by atoms with Crippen molar-refractivity contribution in [3.63, 3.8) is 0 Å². The first-order valence-electron chi connectivity index (χ1n) is 7.60. The summed E-state index contributed by atoms with van der Waals surface area (Å²) in [5.41, 5.74) is 1.74. The summed E-state index contributed by atoms with van der Waals surface area (Å²) >= 11 is 0. The zero-order valence-corrected chi connectivity index (χ0v) is 12.6. The van der Waals surface area contributed by atoms with Gasteiger partial charge in [0.05, 0.1) is 11.8 Å². The van der Waals surface area contributed by atoms with Gasteiger partial charge < -0.3 is 15.5 Å². The molecule has 0 saturated heterocycles. The maximum absolute atomic E-state index is 11.6. The predicted octanol–water partition coefficient (Wildman–Crippen LogP) is 1.87. The number of aliphatic hydroxyl groups is 1. The Hall–Kier alpha value is -1.69. The van der Waals surface area contributed by atoms with E-state index in [0.29, 0.717) is 31.1 Å². The van der Waals surface area contributed by atoms with Crippen LogP contribution in [0.3, 0.4) is 0 Å². The van der Waals surface area contributed by atoms with Crippen LogP contribution >= 0.6 is 0 Å². The first-order valence-corrected chi connectivity index (χ1v) is 7.60. The van der Waals surface area contributed by atoms with E-state index in [1.165, 1.54) is 0 Å². The van der Waals surface area contributed by atoms with Gasteiger partial charge in [-0.05, 0) is 43.6 Å². The lowest BCUT2D eigenvalue weighted by Gasteiger charge is -2.16. The fourth-order valence-electron chi connectivity index (χ4n) is 3.00. The molecule has 0 bridgehead atoms. The topological polar surface area (TPSA) is 95.3 Å². The number of aryl methyl sites for hydroxylation is 1. The summed E-state index contributed by atoms with van der Waals surface area (Å²) in [4.78, 5) is 11.6. The minimum absolute atomic E-state index is 0.226. The summed E-state index contributed by atoms with van der Waals surface area (Å²) in [6.45, 7) is 4.50. The van der Waals surface area contributed by atoms with Crippen LogP contribution < -0.4 is 5.32 Å². The van der Waals surface area contributed by atoms with Crippen molar-refractivity contribution < 1.29 is 15.0 Å². The van der Waals surface area contributed by atoms with Crippen molar-refractivity contribution in [1.29, 1.82) is 0 Å². The number of hydrogen-bond donors (Lipinski definition) is 3. The largest absolute Gasteiger partial charge is 0.478 e. The summed E-state index contributed by atoms with van der Waals surface area (Å²) in [5, 5.41) is 30.3. The number of aliphatic hydroxyl groups excluding tert-OH is 1. The fourth-order valence-corrected chi connectivity index (χ4v) is 3.00. The molecule has 0 aliphatic heterocycles. The zero-order chi connectivity index (χ0) is 15.4. The number of carboxylic acids is 1. The molecule has 1 fully saturated rings. The molecule has 2 unspecified atom stereocenters. The van der Waals surface area contributed by atoms with E-state index in [1.54, 1.807) is 0 Å². The Bertz CT molecular complexity index is 519. The molecule has 116 valence electrons. The molecule has 1 aromatic heterocycles. The first kappa shape index (κ1) is 15.7. The summed E-state index contributed by atoms with van der Waals surface area (Å²) < 4.78 is 0. The molecule has 0 amide bonds. The van der Waals surface area contributed by atoms with Gasteiger partial charge in [-0.1, -0.05) is 13.8 Å². The van der Waals surface area contributed by atoms with Gasteiger partial charge >= 0.3 is 5.97 Å². The standard InChI is InChI=1S/C15H23N3O3/c1-3-11-12(4-2)17-18-14(13(11)15(20)21)16-8-9-5-6-10(19)7-9/h9-10,19H,3-8H2,1-2H3,(H,16,18)(H,20,21). The van der Waals surface area contributed by atoms with Gasteiger partial charge in [0.1, 0.15) is 5.56 Å². The Morgan fingerprint density at radius 3 is 2.57 bits per heavy atom. The minimum atomic E-state index is -0.967. The van der Waals surface area contributed by atoms with Crippen LogP contribution in [0.1, 0.15) is 54.7 Å². The highest BCUT2D eigenvalue weighted by Crippen LogP contribution is 2.27. The number of aromatic carboxylic acids is 1. The van der Waals surface area contributed by atoms with Crippen molar-refractivity contribution in [3.8, 4) is 0 Å². The van der Waals surface area contributed by atoms with Crippen LogP contribution in [0.2, 0.25) is 0 Å². The molecule has 0 spiro atoms. The Morgan fingerprint density at radius 1 is 1.29 bits per heavy atom. The number of nitrogens with one attached hydrogen (secondary N) is 1. The van der Waals surface area contributed by atoms with Gasteiger partial charge in [0.15, 0.2) is 5.82 Å². The van der Waals surface area contributed by atoms with E-state index in [0.717, 1.165) is 30.5 Å². The summed E-state index contributed by atoms with van der Waals surface area (Å²) in [6, 6.07) is 0. The molecular formula is C15H23N3O3. The molecule has 6 heteroatoms. The van der Waals surface area contributed by atoms with E-state index in [2.05, 4.69) is 15.5 Å². The van der Waals surface area contributed by atoms with Crippen LogP contribution in [0.5, 0.6) is 0 Å². The highest BCUT2D eigenvalue weighted by molar-refractivity contribution is 5.95. The molecule has 1 heterocycles. The maximum atomic E-state index is 11.6. The molecule has 1 aliphatic carbocycles. The number of rotatable bonds is 6. The third kappa shape index (κ3) is 3.50. The molecule has 1 aliphatic rings. The summed E-state index contributed by atoms with van der Waals surface area (Å²) in [5.74, 6) is -0.261. The average Bonchev–Trinajstić information content (AvgIpc) is 2.89. The molecule has 2 rings (SSSR count). The van der Waals surface area contributed by atoms with Gasteiger partial charge in [-0.2, -0.15) is 5.10 Å². The van der Waals surface area contributed by atoms with Gasteiger partial charge in [-0.15, -0.1) is 5.10 Å². The molecular weight excluding hydrogens is 270 g/mol. The van der Waals surface area contributed by atoms with Crippen molar-refractivity contribution in [1.82, 2.24) is 10.2 Å². The number of hydrogen-bond acceptors (Lipinski definition) is 5. The van der Waals surface area contributed by atoms with Crippen LogP contribution in [0, 0.1) is 5.92 Å². The minimum Gasteiger partial charge on any atom is -0.478 e. The highest BCUT2D eigenvalue weighted by Gasteiger charge is 2.24. The van der Waals surface area contributed by atoms with Gasteiger partial charge in [0, 0.05) is 6.54 Å². The average molecular weight is 293 g/mol. The number of aromatic nitrogens is 2. The Balaban J connectivity index is 2.20. The number of carbonyl (C=O) groups is 1. The van der Waals surface area contributed by atoms with E-state index in [9.17, 15) is 15.0 Å². The smallest absolute Gasteiger partial charge is 0.339 e. The Labute approximate surface area is 124 Å². The third-order valence-corrected chi connectivity index (χ3v) is 4.13. The van der Waals surface area contributed by atoms with Gasteiger partial charge in [-0.25, -0.2) is 4.79 Å². The molecule has 0 aromatic carbocycles. The second-order valence-corrected chi connectivity index (χ2v) is 5.57. The van der Waals surface area contributed by atoms with Crippen molar-refractivity contribution in [2.45, 2.75) is 52.1 Å². The lowest BCUT2D eigenvalue weighted by molar-refractivity contribution is 0.0696. The molecule has 3 N–H and O–H groups in total. The number of nitrogens with zero attached hydrogens (tertiary/aromatic N) is 2. The lowest BCUT2D eigenvalue weighted by atomic mass is 10.0. The van der Waals surface area contributed by atoms with Crippen molar-refractivity contribution in [3.05, 3.63) is 16.8 Å². The van der Waals surface area contributed by atoms with Crippen LogP contribution in [-0.2, 0) is 12.8 Å².